The van der Waals surface area contributed by atoms with Crippen molar-refractivity contribution >= 4 is 41.1 Å². The molecule has 0 saturated carbocycles. The summed E-state index contributed by atoms with van der Waals surface area (Å²) in [6.45, 7) is 3.70. The van der Waals surface area contributed by atoms with E-state index in [-0.39, 0.29) is 5.41 Å². The second-order valence-corrected chi connectivity index (χ2v) is 8.89. The number of benzene rings is 1. The van der Waals surface area contributed by atoms with Gasteiger partial charge in [0.1, 0.15) is 0 Å². The van der Waals surface area contributed by atoms with E-state index in [4.69, 9.17) is 48.9 Å². The Kier molecular flexibility index (Phi) is 12.3. The van der Waals surface area contributed by atoms with E-state index in [1.165, 1.54) is 12.0 Å². The Morgan fingerprint density at radius 1 is 1.12 bits per heavy atom. The number of hydrogen-bond donors (Lipinski definition) is 6. The first-order chi connectivity index (χ1) is 16.0. The fraction of sp³-hybridized carbons (Fsp3) is 0.545. The molecule has 12 heteroatoms. The molecule has 0 bridgehead atoms. The molecule has 0 radical (unpaired) electrons. The Bertz CT molecular complexity index is 883. The van der Waals surface area contributed by atoms with Gasteiger partial charge in [-0.15, -0.1) is 0 Å². The lowest BCUT2D eigenvalue weighted by molar-refractivity contribution is -0.170. The first kappa shape index (κ1) is 29.6. The second-order valence-electron chi connectivity index (χ2n) is 8.08. The van der Waals surface area contributed by atoms with Crippen molar-refractivity contribution in [1.82, 2.24) is 10.6 Å². The van der Waals surface area contributed by atoms with Crippen LogP contribution in [0, 0.1) is 11.3 Å². The third-order valence-electron chi connectivity index (χ3n) is 5.48. The van der Waals surface area contributed by atoms with Crippen molar-refractivity contribution in [3.63, 3.8) is 0 Å². The molecule has 1 aromatic carbocycles. The number of nitriles is 1. The van der Waals surface area contributed by atoms with E-state index in [2.05, 4.69) is 22.8 Å². The van der Waals surface area contributed by atoms with Crippen LogP contribution in [0.15, 0.2) is 18.2 Å². The Balaban J connectivity index is 0.000000385. The number of halogens is 2. The van der Waals surface area contributed by atoms with Crippen LogP contribution in [0.5, 0.6) is 0 Å². The van der Waals surface area contributed by atoms with Crippen LogP contribution in [0.2, 0.25) is 10.0 Å². The lowest BCUT2D eigenvalue weighted by Crippen LogP contribution is -2.45. The van der Waals surface area contributed by atoms with Gasteiger partial charge in [-0.3, -0.25) is 9.59 Å². The molecule has 10 nitrogen and oxygen atoms in total. The van der Waals surface area contributed by atoms with Crippen LogP contribution in [0.3, 0.4) is 0 Å². The largest absolute Gasteiger partial charge is 0.481 e. The minimum absolute atomic E-state index is 0.103. The molecule has 1 fully saturated rings. The summed E-state index contributed by atoms with van der Waals surface area (Å²) in [6, 6.07) is 8.14. The first-order valence-electron chi connectivity index (χ1n) is 10.6. The summed E-state index contributed by atoms with van der Waals surface area (Å²) in [5, 5.41) is 50.5. The molecule has 1 aromatic rings. The monoisotopic (exact) mass is 517 g/mol. The van der Waals surface area contributed by atoms with E-state index in [0.29, 0.717) is 16.5 Å². The molecule has 188 valence electrons. The summed E-state index contributed by atoms with van der Waals surface area (Å²) in [6.07, 6.45) is 1.61. The molecule has 1 heterocycles. The van der Waals surface area contributed by atoms with Crippen LogP contribution in [0.25, 0.3) is 0 Å². The topological polar surface area (TPSA) is 180 Å². The van der Waals surface area contributed by atoms with Crippen molar-refractivity contribution in [2.24, 2.45) is 0 Å². The van der Waals surface area contributed by atoms with Gasteiger partial charge in [-0.25, -0.2) is 4.79 Å². The molecular weight excluding hydrogens is 489 g/mol. The maximum atomic E-state index is 10.3. The second kappa shape index (κ2) is 14.1. The molecule has 1 atom stereocenters. The summed E-state index contributed by atoms with van der Waals surface area (Å²) in [4.78, 5) is 30.5. The molecule has 1 saturated heterocycles. The highest BCUT2D eigenvalue weighted by Crippen LogP contribution is 2.37. The van der Waals surface area contributed by atoms with Gasteiger partial charge in [-0.2, -0.15) is 5.26 Å². The highest BCUT2D eigenvalue weighted by molar-refractivity contribution is 6.42. The number of nitrogens with one attached hydrogen (secondary N) is 2. The van der Waals surface area contributed by atoms with Crippen molar-refractivity contribution in [2.75, 3.05) is 26.2 Å². The third-order valence-corrected chi connectivity index (χ3v) is 6.22. The molecule has 0 amide bonds. The Labute approximate surface area is 207 Å². The van der Waals surface area contributed by atoms with Gasteiger partial charge in [0.15, 0.2) is 5.60 Å². The Morgan fingerprint density at radius 2 is 1.76 bits per heavy atom. The normalized spacial score (nSPS) is 17.7. The van der Waals surface area contributed by atoms with Gasteiger partial charge in [0, 0.05) is 24.9 Å². The average molecular weight is 518 g/mol. The van der Waals surface area contributed by atoms with E-state index < -0.39 is 36.4 Å². The molecular formula is C22H29Cl2N3O7. The molecule has 1 unspecified atom stereocenters. The quantitative estimate of drug-likeness (QED) is 0.238. The van der Waals surface area contributed by atoms with Gasteiger partial charge in [0.05, 0.1) is 29.0 Å². The summed E-state index contributed by atoms with van der Waals surface area (Å²) in [5.74, 6) is -5.02. The van der Waals surface area contributed by atoms with Crippen molar-refractivity contribution in [1.29, 1.82) is 5.26 Å². The van der Waals surface area contributed by atoms with Crippen LogP contribution >= 0.6 is 23.2 Å². The predicted octanol–water partition coefficient (Wildman–Crippen LogP) is 2.26. The van der Waals surface area contributed by atoms with Gasteiger partial charge in [0.2, 0.25) is 0 Å². The summed E-state index contributed by atoms with van der Waals surface area (Å²) in [5.41, 5.74) is -1.38. The number of aliphatic carboxylic acids is 3. The standard InChI is InChI=1S/C16H21Cl2N3.C6H8O7/c17-14-4-3-13(11-15(14)18)16(5-1-8-21-12-16)6-10-20-9-2-7-19;7-3(8)1-6(13,5(11)12)2-4(9)10/h3-4,11,20-21H,1-2,5-6,8-10,12H2;13H,1-2H2,(H,7,8)(H,9,10)(H,11,12). The van der Waals surface area contributed by atoms with Crippen molar-refractivity contribution in [3.05, 3.63) is 33.8 Å². The minimum Gasteiger partial charge on any atom is -0.481 e. The number of rotatable bonds is 11. The average Bonchev–Trinajstić information content (AvgIpc) is 2.75. The molecule has 0 spiro atoms. The van der Waals surface area contributed by atoms with Gasteiger partial charge < -0.3 is 31.1 Å². The van der Waals surface area contributed by atoms with Crippen LogP contribution < -0.4 is 10.6 Å². The van der Waals surface area contributed by atoms with Gasteiger partial charge in [-0.1, -0.05) is 29.3 Å². The van der Waals surface area contributed by atoms with E-state index in [9.17, 15) is 14.4 Å². The SMILES string of the molecule is N#CCCNCCC1(c2ccc(Cl)c(Cl)c2)CCCNC1.O=C(O)CC(O)(CC(=O)O)C(=O)O. The van der Waals surface area contributed by atoms with E-state index >= 15 is 0 Å². The fourth-order valence-corrected chi connectivity index (χ4v) is 4.01. The number of carboxylic acids is 3. The number of carboxylic acid groups (broad SMARTS) is 3. The molecule has 0 aliphatic carbocycles. The third kappa shape index (κ3) is 9.44. The lowest BCUT2D eigenvalue weighted by Gasteiger charge is -2.38. The van der Waals surface area contributed by atoms with Gasteiger partial charge in [0.25, 0.3) is 0 Å². The summed E-state index contributed by atoms with van der Waals surface area (Å²) >= 11 is 12.2. The molecule has 1 aliphatic rings. The molecule has 0 aromatic heterocycles. The number of carbonyl (C=O) groups is 3. The van der Waals surface area contributed by atoms with Gasteiger partial charge >= 0.3 is 17.9 Å². The summed E-state index contributed by atoms with van der Waals surface area (Å²) < 4.78 is 0. The number of aliphatic hydroxyl groups is 1. The van der Waals surface area contributed by atoms with Crippen LogP contribution in [-0.2, 0) is 19.8 Å². The highest BCUT2D eigenvalue weighted by atomic mass is 35.5. The van der Waals surface area contributed by atoms with Gasteiger partial charge in [-0.05, 0) is 50.0 Å². The predicted molar refractivity (Wildman–Crippen MR) is 125 cm³/mol. The molecule has 2 rings (SSSR count). The van der Waals surface area contributed by atoms with Crippen LogP contribution in [0.4, 0.5) is 0 Å². The maximum Gasteiger partial charge on any atom is 0.336 e. The lowest BCUT2D eigenvalue weighted by atomic mass is 9.72. The zero-order valence-electron chi connectivity index (χ0n) is 18.5. The minimum atomic E-state index is -2.74. The van der Waals surface area contributed by atoms with E-state index in [1.54, 1.807) is 0 Å². The van der Waals surface area contributed by atoms with Crippen molar-refractivity contribution < 1.29 is 34.8 Å². The molecule has 34 heavy (non-hydrogen) atoms. The van der Waals surface area contributed by atoms with Crippen molar-refractivity contribution in [2.45, 2.75) is 49.5 Å². The maximum absolute atomic E-state index is 10.3. The Hall–Kier alpha value is -2.42. The number of hydrogen-bond acceptors (Lipinski definition) is 7. The van der Waals surface area contributed by atoms with Crippen LogP contribution in [0.1, 0.15) is 44.1 Å². The van der Waals surface area contributed by atoms with E-state index in [1.807, 2.05) is 12.1 Å². The zero-order valence-corrected chi connectivity index (χ0v) is 20.0. The van der Waals surface area contributed by atoms with E-state index in [0.717, 1.165) is 39.0 Å². The smallest absolute Gasteiger partial charge is 0.336 e. The first-order valence-corrected chi connectivity index (χ1v) is 11.3. The fourth-order valence-electron chi connectivity index (χ4n) is 3.71. The molecule has 6 N–H and O–H groups in total. The number of piperidine rings is 1. The summed E-state index contributed by atoms with van der Waals surface area (Å²) in [7, 11) is 0. The van der Waals surface area contributed by atoms with Crippen LogP contribution in [-0.4, -0.2) is 70.1 Å². The Morgan fingerprint density at radius 3 is 2.24 bits per heavy atom. The number of nitrogens with zero attached hydrogens (tertiary/aromatic N) is 1. The van der Waals surface area contributed by atoms with Crippen molar-refractivity contribution in [3.8, 4) is 6.07 Å². The zero-order chi connectivity index (χ0) is 25.8. The molecule has 1 aliphatic heterocycles. The highest BCUT2D eigenvalue weighted by Gasteiger charge is 2.40.